The standard InChI is InChI=1S/C30H27N3O3S/c1-35-25-15-16-26(36-2)29-28(25)32-30(37-29)33(20-21-10-9-17-31-19-21)27(34)18-24(22-11-5-3-6-12-22)23-13-7-4-8-14-23/h3-17,19,24H,18,20H2,1-2H3. The first-order valence-corrected chi connectivity index (χ1v) is 12.8. The van der Waals surface area contributed by atoms with Crippen molar-refractivity contribution in [3.05, 3.63) is 114 Å². The second-order valence-corrected chi connectivity index (χ2v) is 9.54. The Morgan fingerprint density at radius 3 is 2.11 bits per heavy atom. The van der Waals surface area contributed by atoms with Gasteiger partial charge in [0, 0.05) is 24.7 Å². The SMILES string of the molecule is COc1ccc(OC)c2sc(N(Cc3cccnc3)C(=O)CC(c3ccccc3)c3ccccc3)nc12. The number of aromatic nitrogens is 2. The third-order valence-electron chi connectivity index (χ3n) is 6.28. The lowest BCUT2D eigenvalue weighted by molar-refractivity contribution is -0.119. The first-order valence-electron chi connectivity index (χ1n) is 12.0. The van der Waals surface area contributed by atoms with Crippen LogP contribution in [0.5, 0.6) is 11.5 Å². The minimum absolute atomic E-state index is 0.0291. The summed E-state index contributed by atoms with van der Waals surface area (Å²) in [5.41, 5.74) is 3.78. The van der Waals surface area contributed by atoms with Crippen molar-refractivity contribution in [2.75, 3.05) is 19.1 Å². The summed E-state index contributed by atoms with van der Waals surface area (Å²) in [6.07, 6.45) is 3.79. The number of pyridine rings is 1. The first kappa shape index (κ1) is 24.5. The highest BCUT2D eigenvalue weighted by atomic mass is 32.1. The van der Waals surface area contributed by atoms with Crippen LogP contribution in [0.1, 0.15) is 29.0 Å². The van der Waals surface area contributed by atoms with Crippen LogP contribution in [-0.4, -0.2) is 30.1 Å². The van der Waals surface area contributed by atoms with E-state index in [2.05, 4.69) is 29.2 Å². The van der Waals surface area contributed by atoms with E-state index in [-0.39, 0.29) is 11.8 Å². The van der Waals surface area contributed by atoms with Crippen LogP contribution in [0.25, 0.3) is 10.2 Å². The number of rotatable bonds is 9. The fourth-order valence-electron chi connectivity index (χ4n) is 4.41. The molecule has 0 radical (unpaired) electrons. The van der Waals surface area contributed by atoms with Crippen LogP contribution in [0, 0.1) is 0 Å². The van der Waals surface area contributed by atoms with Crippen molar-refractivity contribution in [2.24, 2.45) is 0 Å². The number of ether oxygens (including phenoxy) is 2. The molecule has 0 N–H and O–H groups in total. The number of benzene rings is 3. The molecule has 3 aromatic carbocycles. The van der Waals surface area contributed by atoms with Crippen molar-refractivity contribution in [1.29, 1.82) is 0 Å². The summed E-state index contributed by atoms with van der Waals surface area (Å²) in [4.78, 5) is 25.0. The summed E-state index contributed by atoms with van der Waals surface area (Å²) in [5, 5.41) is 0.589. The molecule has 0 aliphatic carbocycles. The Labute approximate surface area is 220 Å². The zero-order valence-electron chi connectivity index (χ0n) is 20.7. The zero-order chi connectivity index (χ0) is 25.6. The van der Waals surface area contributed by atoms with Gasteiger partial charge in [-0.2, -0.15) is 0 Å². The van der Waals surface area contributed by atoms with Gasteiger partial charge < -0.3 is 9.47 Å². The van der Waals surface area contributed by atoms with Crippen molar-refractivity contribution in [1.82, 2.24) is 9.97 Å². The molecule has 0 aliphatic heterocycles. The molecule has 2 aromatic heterocycles. The lowest BCUT2D eigenvalue weighted by Crippen LogP contribution is -2.31. The van der Waals surface area contributed by atoms with Crippen LogP contribution in [0.4, 0.5) is 5.13 Å². The average molecular weight is 510 g/mol. The van der Waals surface area contributed by atoms with E-state index in [1.807, 2.05) is 60.7 Å². The number of anilines is 1. The van der Waals surface area contributed by atoms with Gasteiger partial charge in [-0.1, -0.05) is 78.1 Å². The number of carbonyl (C=O) groups is 1. The van der Waals surface area contributed by atoms with Gasteiger partial charge in [0.25, 0.3) is 0 Å². The predicted octanol–water partition coefficient (Wildman–Crippen LogP) is 6.46. The zero-order valence-corrected chi connectivity index (χ0v) is 21.5. The van der Waals surface area contributed by atoms with Crippen molar-refractivity contribution in [3.63, 3.8) is 0 Å². The van der Waals surface area contributed by atoms with Crippen molar-refractivity contribution in [2.45, 2.75) is 18.9 Å². The van der Waals surface area contributed by atoms with Crippen molar-refractivity contribution >= 4 is 32.6 Å². The molecule has 0 aliphatic rings. The average Bonchev–Trinajstić information content (AvgIpc) is 3.41. The molecule has 7 heteroatoms. The van der Waals surface area contributed by atoms with Crippen LogP contribution in [0.15, 0.2) is 97.3 Å². The lowest BCUT2D eigenvalue weighted by Gasteiger charge is -2.24. The molecule has 2 heterocycles. The minimum atomic E-state index is -0.0928. The molecule has 0 saturated carbocycles. The predicted molar refractivity (Wildman–Crippen MR) is 147 cm³/mol. The van der Waals surface area contributed by atoms with E-state index in [9.17, 15) is 4.79 Å². The van der Waals surface area contributed by atoms with Crippen LogP contribution in [0.2, 0.25) is 0 Å². The number of fused-ring (bicyclic) bond motifs is 1. The second kappa shape index (κ2) is 11.2. The third kappa shape index (κ3) is 5.32. The van der Waals surface area contributed by atoms with Crippen molar-refractivity contribution < 1.29 is 14.3 Å². The Balaban J connectivity index is 1.56. The molecular weight excluding hydrogens is 482 g/mol. The largest absolute Gasteiger partial charge is 0.495 e. The molecule has 0 fully saturated rings. The third-order valence-corrected chi connectivity index (χ3v) is 7.37. The van der Waals surface area contributed by atoms with Crippen LogP contribution in [0.3, 0.4) is 0 Å². The van der Waals surface area contributed by atoms with Gasteiger partial charge in [0.2, 0.25) is 5.91 Å². The maximum absolute atomic E-state index is 14.1. The highest BCUT2D eigenvalue weighted by Crippen LogP contribution is 2.41. The number of nitrogens with zero attached hydrogens (tertiary/aromatic N) is 3. The molecule has 0 saturated heterocycles. The normalized spacial score (nSPS) is 11.0. The Hall–Kier alpha value is -4.23. The Morgan fingerprint density at radius 2 is 1.51 bits per heavy atom. The van der Waals surface area contributed by atoms with Gasteiger partial charge in [0.05, 0.1) is 20.8 Å². The maximum atomic E-state index is 14.1. The number of thiazole rings is 1. The number of methoxy groups -OCH3 is 2. The van der Waals surface area contributed by atoms with Gasteiger partial charge >= 0.3 is 0 Å². The fraction of sp³-hybridized carbons (Fsp3) is 0.167. The molecule has 0 unspecified atom stereocenters. The highest BCUT2D eigenvalue weighted by Gasteiger charge is 2.26. The molecule has 0 atom stereocenters. The van der Waals surface area contributed by atoms with Gasteiger partial charge in [-0.3, -0.25) is 14.7 Å². The smallest absolute Gasteiger partial charge is 0.230 e. The van der Waals surface area contributed by atoms with Gasteiger partial charge in [-0.15, -0.1) is 0 Å². The second-order valence-electron chi connectivity index (χ2n) is 8.56. The summed E-state index contributed by atoms with van der Waals surface area (Å²) >= 11 is 1.42. The summed E-state index contributed by atoms with van der Waals surface area (Å²) in [6.45, 7) is 0.355. The van der Waals surface area contributed by atoms with Gasteiger partial charge in [0.1, 0.15) is 21.7 Å². The van der Waals surface area contributed by atoms with Crippen LogP contribution >= 0.6 is 11.3 Å². The minimum Gasteiger partial charge on any atom is -0.495 e. The molecule has 5 aromatic rings. The summed E-state index contributed by atoms with van der Waals surface area (Å²) in [7, 11) is 3.24. The molecule has 37 heavy (non-hydrogen) atoms. The molecule has 186 valence electrons. The fourth-order valence-corrected chi connectivity index (χ4v) is 5.50. The van der Waals surface area contributed by atoms with Gasteiger partial charge in [0.15, 0.2) is 5.13 Å². The summed E-state index contributed by atoms with van der Waals surface area (Å²) < 4.78 is 12.0. The molecule has 0 spiro atoms. The van der Waals surface area contributed by atoms with E-state index >= 15 is 0 Å². The van der Waals surface area contributed by atoms with Crippen molar-refractivity contribution in [3.8, 4) is 11.5 Å². The van der Waals surface area contributed by atoms with Gasteiger partial charge in [-0.25, -0.2) is 4.98 Å². The van der Waals surface area contributed by atoms with E-state index in [4.69, 9.17) is 14.5 Å². The number of carbonyl (C=O) groups excluding carboxylic acids is 1. The van der Waals surface area contributed by atoms with E-state index < -0.39 is 0 Å². The number of hydrogen-bond donors (Lipinski definition) is 0. The highest BCUT2D eigenvalue weighted by molar-refractivity contribution is 7.22. The van der Waals surface area contributed by atoms with E-state index in [1.54, 1.807) is 31.5 Å². The number of amides is 1. The number of hydrogen-bond acceptors (Lipinski definition) is 6. The summed E-state index contributed by atoms with van der Waals surface area (Å²) in [5.74, 6) is 1.21. The first-order chi connectivity index (χ1) is 18.2. The quantitative estimate of drug-likeness (QED) is 0.228. The summed E-state index contributed by atoms with van der Waals surface area (Å²) in [6, 6.07) is 27.8. The van der Waals surface area contributed by atoms with E-state index in [0.29, 0.717) is 35.1 Å². The van der Waals surface area contributed by atoms with Gasteiger partial charge in [-0.05, 0) is 34.9 Å². The van der Waals surface area contributed by atoms with E-state index in [1.165, 1.54) is 11.3 Å². The monoisotopic (exact) mass is 509 g/mol. The Morgan fingerprint density at radius 1 is 0.865 bits per heavy atom. The molecule has 6 nitrogen and oxygen atoms in total. The van der Waals surface area contributed by atoms with Crippen LogP contribution < -0.4 is 14.4 Å². The molecular formula is C30H27N3O3S. The molecule has 5 rings (SSSR count). The molecule has 0 bridgehead atoms. The maximum Gasteiger partial charge on any atom is 0.230 e. The van der Waals surface area contributed by atoms with E-state index in [0.717, 1.165) is 21.4 Å². The topological polar surface area (TPSA) is 64.6 Å². The Bertz CT molecular complexity index is 1390. The lowest BCUT2D eigenvalue weighted by atomic mass is 9.88. The Kier molecular flexibility index (Phi) is 7.42. The van der Waals surface area contributed by atoms with Crippen LogP contribution in [-0.2, 0) is 11.3 Å². The molecule has 1 amide bonds.